The van der Waals surface area contributed by atoms with Crippen LogP contribution < -0.4 is 4.74 Å². The van der Waals surface area contributed by atoms with Crippen molar-refractivity contribution in [2.45, 2.75) is 24.0 Å². The first-order chi connectivity index (χ1) is 10.6. The molecule has 2 saturated heterocycles. The van der Waals surface area contributed by atoms with Crippen LogP contribution in [-0.2, 0) is 9.84 Å². The molecule has 5 nitrogen and oxygen atoms in total. The minimum atomic E-state index is -2.99. The fourth-order valence-corrected chi connectivity index (χ4v) is 6.29. The normalized spacial score (nSPS) is 29.4. The van der Waals surface area contributed by atoms with Gasteiger partial charge in [0.15, 0.2) is 9.84 Å². The van der Waals surface area contributed by atoms with E-state index in [4.69, 9.17) is 4.74 Å². The maximum absolute atomic E-state index is 12.5. The van der Waals surface area contributed by atoms with Gasteiger partial charge in [-0.25, -0.2) is 13.4 Å². The van der Waals surface area contributed by atoms with Gasteiger partial charge < -0.3 is 4.74 Å². The summed E-state index contributed by atoms with van der Waals surface area (Å²) >= 11 is 0. The summed E-state index contributed by atoms with van der Waals surface area (Å²) in [5.74, 6) is 1.79. The molecule has 22 heavy (non-hydrogen) atoms. The molecular formula is C16H22N2O3S. The molecule has 2 aliphatic heterocycles. The Morgan fingerprint density at radius 3 is 2.77 bits per heavy atom. The van der Waals surface area contributed by atoms with Gasteiger partial charge in [0.1, 0.15) is 4.75 Å². The largest absolute Gasteiger partial charge is 0.477 e. The Hall–Kier alpha value is -1.14. The van der Waals surface area contributed by atoms with Crippen LogP contribution in [0.15, 0.2) is 24.4 Å². The Bertz CT molecular complexity index is 637. The van der Waals surface area contributed by atoms with E-state index in [-0.39, 0.29) is 5.92 Å². The second kappa shape index (κ2) is 5.20. The van der Waals surface area contributed by atoms with Gasteiger partial charge in [0, 0.05) is 37.8 Å². The summed E-state index contributed by atoms with van der Waals surface area (Å²) in [5, 5.41) is 0. The number of nitrogens with zero attached hydrogens (tertiary/aromatic N) is 2. The van der Waals surface area contributed by atoms with E-state index >= 15 is 0 Å². The molecule has 0 bridgehead atoms. The van der Waals surface area contributed by atoms with Gasteiger partial charge in [0.05, 0.1) is 12.4 Å². The fraction of sp³-hybridized carbons (Fsp3) is 0.688. The highest BCUT2D eigenvalue weighted by Crippen LogP contribution is 2.46. The van der Waals surface area contributed by atoms with Crippen molar-refractivity contribution < 1.29 is 13.2 Å². The van der Waals surface area contributed by atoms with Gasteiger partial charge in [0.2, 0.25) is 5.88 Å². The van der Waals surface area contributed by atoms with Crippen LogP contribution in [0.1, 0.15) is 19.3 Å². The van der Waals surface area contributed by atoms with Gasteiger partial charge in [0.25, 0.3) is 0 Å². The molecule has 1 saturated carbocycles. The number of sulfone groups is 1. The minimum Gasteiger partial charge on any atom is -0.477 e. The molecule has 1 atom stereocenters. The standard InChI is InChI=1S/C16H22N2O3S/c19-22(20)8-6-14(10-21-15-3-1-2-7-17-15)16(22)11-18(12-16)9-13-4-5-13/h1-3,7,13-14H,4-6,8-12H2. The molecule has 1 unspecified atom stereocenters. The van der Waals surface area contributed by atoms with E-state index in [1.54, 1.807) is 6.20 Å². The lowest BCUT2D eigenvalue weighted by atomic mass is 9.83. The predicted molar refractivity (Wildman–Crippen MR) is 83.5 cm³/mol. The molecule has 1 aromatic heterocycles. The van der Waals surface area contributed by atoms with Crippen LogP contribution in [-0.4, -0.2) is 55.0 Å². The van der Waals surface area contributed by atoms with Crippen LogP contribution in [0.2, 0.25) is 0 Å². The Morgan fingerprint density at radius 2 is 2.09 bits per heavy atom. The quantitative estimate of drug-likeness (QED) is 0.819. The average Bonchev–Trinajstić information content (AvgIpc) is 3.23. The first-order valence-corrected chi connectivity index (χ1v) is 9.73. The van der Waals surface area contributed by atoms with Crippen LogP contribution in [0.25, 0.3) is 0 Å². The third kappa shape index (κ3) is 2.42. The van der Waals surface area contributed by atoms with Crippen molar-refractivity contribution in [3.63, 3.8) is 0 Å². The summed E-state index contributed by atoms with van der Waals surface area (Å²) in [4.78, 5) is 6.46. The summed E-state index contributed by atoms with van der Waals surface area (Å²) < 4.78 is 30.3. The maximum atomic E-state index is 12.5. The molecule has 3 heterocycles. The first-order valence-electron chi connectivity index (χ1n) is 8.08. The monoisotopic (exact) mass is 322 g/mol. The van der Waals surface area contributed by atoms with Crippen molar-refractivity contribution in [3.8, 4) is 5.88 Å². The number of hydrogen-bond acceptors (Lipinski definition) is 5. The van der Waals surface area contributed by atoms with E-state index < -0.39 is 14.6 Å². The van der Waals surface area contributed by atoms with Gasteiger partial charge in [-0.2, -0.15) is 0 Å². The number of likely N-dealkylation sites (tertiary alicyclic amines) is 1. The van der Waals surface area contributed by atoms with Gasteiger partial charge >= 0.3 is 0 Å². The zero-order chi connectivity index (χ0) is 15.2. The highest BCUT2D eigenvalue weighted by molar-refractivity contribution is 7.93. The zero-order valence-electron chi connectivity index (χ0n) is 12.6. The second-order valence-corrected chi connectivity index (χ2v) is 9.41. The third-order valence-electron chi connectivity index (χ3n) is 5.36. The average molecular weight is 322 g/mol. The number of rotatable bonds is 5. The summed E-state index contributed by atoms with van der Waals surface area (Å²) in [7, 11) is -2.99. The molecule has 6 heteroatoms. The fourth-order valence-electron chi connectivity index (χ4n) is 3.83. The smallest absolute Gasteiger partial charge is 0.213 e. The van der Waals surface area contributed by atoms with Crippen LogP contribution in [0.5, 0.6) is 5.88 Å². The Kier molecular flexibility index (Phi) is 3.42. The Balaban J connectivity index is 1.43. The van der Waals surface area contributed by atoms with E-state index in [2.05, 4.69) is 9.88 Å². The lowest BCUT2D eigenvalue weighted by Crippen LogP contribution is -2.67. The lowest BCUT2D eigenvalue weighted by molar-refractivity contribution is 0.0605. The van der Waals surface area contributed by atoms with Crippen LogP contribution >= 0.6 is 0 Å². The maximum Gasteiger partial charge on any atom is 0.213 e. The van der Waals surface area contributed by atoms with Crippen LogP contribution in [0.3, 0.4) is 0 Å². The van der Waals surface area contributed by atoms with Crippen molar-refractivity contribution in [1.29, 1.82) is 0 Å². The van der Waals surface area contributed by atoms with Crippen molar-refractivity contribution in [2.75, 3.05) is 32.0 Å². The van der Waals surface area contributed by atoms with Crippen LogP contribution in [0, 0.1) is 11.8 Å². The summed E-state index contributed by atoms with van der Waals surface area (Å²) in [6.45, 7) is 2.92. The van der Waals surface area contributed by atoms with E-state index in [1.165, 1.54) is 12.8 Å². The summed E-state index contributed by atoms with van der Waals surface area (Å²) in [6, 6.07) is 5.54. The second-order valence-electron chi connectivity index (χ2n) is 6.96. The molecular weight excluding hydrogens is 300 g/mol. The van der Waals surface area contributed by atoms with E-state index in [9.17, 15) is 8.42 Å². The van der Waals surface area contributed by atoms with Gasteiger partial charge in [-0.1, -0.05) is 6.07 Å². The summed E-state index contributed by atoms with van der Waals surface area (Å²) in [5.41, 5.74) is 0. The number of ether oxygens (including phenoxy) is 1. The lowest BCUT2D eigenvalue weighted by Gasteiger charge is -2.50. The van der Waals surface area contributed by atoms with E-state index in [0.29, 0.717) is 37.8 Å². The molecule has 3 fully saturated rings. The summed E-state index contributed by atoms with van der Waals surface area (Å²) in [6.07, 6.45) is 5.02. The molecule has 0 aromatic carbocycles. The van der Waals surface area contributed by atoms with E-state index in [0.717, 1.165) is 12.5 Å². The van der Waals surface area contributed by atoms with Crippen molar-refractivity contribution in [2.24, 2.45) is 11.8 Å². The SMILES string of the molecule is O=S1(=O)CCC(COc2ccccn2)C12CN(CC1CC1)C2. The number of pyridine rings is 1. The van der Waals surface area contributed by atoms with E-state index in [1.807, 2.05) is 18.2 Å². The molecule has 3 aliphatic rings. The highest BCUT2D eigenvalue weighted by Gasteiger charge is 2.61. The molecule has 1 aromatic rings. The molecule has 1 aliphatic carbocycles. The Labute approximate surface area is 131 Å². The minimum absolute atomic E-state index is 0.0926. The number of aromatic nitrogens is 1. The van der Waals surface area contributed by atoms with Gasteiger partial charge in [-0.3, -0.25) is 4.90 Å². The number of hydrogen-bond donors (Lipinski definition) is 0. The highest BCUT2D eigenvalue weighted by atomic mass is 32.2. The van der Waals surface area contributed by atoms with Crippen molar-refractivity contribution in [1.82, 2.24) is 9.88 Å². The first kappa shape index (κ1) is 14.5. The molecule has 120 valence electrons. The van der Waals surface area contributed by atoms with Crippen molar-refractivity contribution in [3.05, 3.63) is 24.4 Å². The third-order valence-corrected chi connectivity index (χ3v) is 7.97. The molecule has 0 radical (unpaired) electrons. The van der Waals surface area contributed by atoms with Gasteiger partial charge in [-0.05, 0) is 31.2 Å². The zero-order valence-corrected chi connectivity index (χ0v) is 13.5. The Morgan fingerprint density at radius 1 is 1.27 bits per heavy atom. The molecule has 0 N–H and O–H groups in total. The van der Waals surface area contributed by atoms with Crippen molar-refractivity contribution >= 4 is 9.84 Å². The predicted octanol–water partition coefficient (Wildman–Crippen LogP) is 1.36. The van der Waals surface area contributed by atoms with Crippen LogP contribution in [0.4, 0.5) is 0 Å². The topological polar surface area (TPSA) is 59.5 Å². The molecule has 4 rings (SSSR count). The van der Waals surface area contributed by atoms with Gasteiger partial charge in [-0.15, -0.1) is 0 Å². The molecule has 1 spiro atoms. The molecule has 0 amide bonds.